The monoisotopic (exact) mass is 260 g/mol. The number of carbonyl (C=O) groups is 1. The lowest BCUT2D eigenvalue weighted by molar-refractivity contribution is -0.117. The molecule has 1 saturated heterocycles. The molecule has 1 aromatic carbocycles. The van der Waals surface area contributed by atoms with E-state index in [0.717, 1.165) is 11.3 Å². The van der Waals surface area contributed by atoms with Crippen molar-refractivity contribution in [2.24, 2.45) is 0 Å². The molecule has 0 N–H and O–H groups in total. The van der Waals surface area contributed by atoms with Gasteiger partial charge in [0.1, 0.15) is 5.69 Å². The molecule has 0 aliphatic carbocycles. The largest absolute Gasteiger partial charge is 0.338 e. The third kappa shape index (κ3) is 2.01. The Hall–Kier alpha value is -1.75. The molecule has 1 aliphatic heterocycles. The molecule has 2 heterocycles. The van der Waals surface area contributed by atoms with Crippen molar-refractivity contribution in [2.75, 3.05) is 11.4 Å². The van der Waals surface area contributed by atoms with Crippen LogP contribution in [-0.2, 0) is 4.79 Å². The van der Waals surface area contributed by atoms with Crippen molar-refractivity contribution in [3.8, 4) is 11.3 Å². The lowest BCUT2D eigenvalue weighted by Gasteiger charge is -2.09. The SMILES string of the molecule is O=C1CC(S)CN1c1cc(-c2ccccc2)no1. The zero-order chi connectivity index (χ0) is 12.5. The first-order chi connectivity index (χ1) is 8.74. The molecular formula is C13H12N2O2S. The topological polar surface area (TPSA) is 46.3 Å². The minimum atomic E-state index is 0.0331. The van der Waals surface area contributed by atoms with Gasteiger partial charge in [-0.3, -0.25) is 9.69 Å². The average molecular weight is 260 g/mol. The van der Waals surface area contributed by atoms with Gasteiger partial charge in [0.25, 0.3) is 0 Å². The highest BCUT2D eigenvalue weighted by Crippen LogP contribution is 2.28. The Morgan fingerprint density at radius 2 is 2.11 bits per heavy atom. The fourth-order valence-corrected chi connectivity index (χ4v) is 2.36. The van der Waals surface area contributed by atoms with Crippen LogP contribution in [0.15, 0.2) is 40.9 Å². The molecule has 3 rings (SSSR count). The summed E-state index contributed by atoms with van der Waals surface area (Å²) in [5, 5.41) is 4.07. The van der Waals surface area contributed by atoms with Crippen molar-refractivity contribution in [3.05, 3.63) is 36.4 Å². The third-order valence-corrected chi connectivity index (χ3v) is 3.28. The van der Waals surface area contributed by atoms with Gasteiger partial charge in [-0.15, -0.1) is 0 Å². The van der Waals surface area contributed by atoms with Crippen molar-refractivity contribution < 1.29 is 9.32 Å². The standard InChI is InChI=1S/C13H12N2O2S/c16-12-6-10(18)8-15(12)13-7-11(14-17-13)9-4-2-1-3-5-9/h1-5,7,10,18H,6,8H2. The predicted octanol–water partition coefficient (Wildman–Crippen LogP) is 2.38. The Labute approximate surface area is 110 Å². The Balaban J connectivity index is 1.88. The molecule has 5 heteroatoms. The summed E-state index contributed by atoms with van der Waals surface area (Å²) in [7, 11) is 0. The van der Waals surface area contributed by atoms with Crippen LogP contribution >= 0.6 is 12.6 Å². The van der Waals surface area contributed by atoms with Gasteiger partial charge in [-0.05, 0) is 0 Å². The molecule has 0 saturated carbocycles. The summed E-state index contributed by atoms with van der Waals surface area (Å²) in [4.78, 5) is 13.3. The van der Waals surface area contributed by atoms with Gasteiger partial charge in [0.05, 0.1) is 0 Å². The van der Waals surface area contributed by atoms with Gasteiger partial charge in [0, 0.05) is 29.8 Å². The van der Waals surface area contributed by atoms with Crippen molar-refractivity contribution in [2.45, 2.75) is 11.7 Å². The Bertz CT molecular complexity index is 567. The maximum Gasteiger partial charge on any atom is 0.234 e. The summed E-state index contributed by atoms with van der Waals surface area (Å²) < 4.78 is 5.24. The summed E-state index contributed by atoms with van der Waals surface area (Å²) in [5.41, 5.74) is 1.71. The third-order valence-electron chi connectivity index (χ3n) is 2.94. The molecule has 0 radical (unpaired) electrons. The molecule has 0 bridgehead atoms. The van der Waals surface area contributed by atoms with Crippen LogP contribution in [0.2, 0.25) is 0 Å². The van der Waals surface area contributed by atoms with Crippen molar-refractivity contribution in [3.63, 3.8) is 0 Å². The van der Waals surface area contributed by atoms with Gasteiger partial charge in [-0.1, -0.05) is 35.5 Å². The number of amides is 1. The van der Waals surface area contributed by atoms with E-state index in [-0.39, 0.29) is 11.2 Å². The molecule has 1 unspecified atom stereocenters. The maximum absolute atomic E-state index is 11.7. The highest BCUT2D eigenvalue weighted by Gasteiger charge is 2.30. The number of hydrogen-bond acceptors (Lipinski definition) is 4. The zero-order valence-electron chi connectivity index (χ0n) is 9.61. The van der Waals surface area contributed by atoms with E-state index < -0.39 is 0 Å². The second-order valence-electron chi connectivity index (χ2n) is 4.28. The quantitative estimate of drug-likeness (QED) is 0.843. The van der Waals surface area contributed by atoms with Gasteiger partial charge < -0.3 is 4.52 Å². The van der Waals surface area contributed by atoms with Crippen LogP contribution in [0.25, 0.3) is 11.3 Å². The number of nitrogens with zero attached hydrogens (tertiary/aromatic N) is 2. The van der Waals surface area contributed by atoms with Crippen molar-refractivity contribution in [1.29, 1.82) is 0 Å². The van der Waals surface area contributed by atoms with Crippen LogP contribution in [0.3, 0.4) is 0 Å². The van der Waals surface area contributed by atoms with Crippen LogP contribution in [0.4, 0.5) is 5.88 Å². The Morgan fingerprint density at radius 3 is 2.78 bits per heavy atom. The lowest BCUT2D eigenvalue weighted by atomic mass is 10.1. The van der Waals surface area contributed by atoms with Crippen molar-refractivity contribution in [1.82, 2.24) is 5.16 Å². The normalized spacial score (nSPS) is 19.5. The van der Waals surface area contributed by atoms with Crippen LogP contribution in [0.1, 0.15) is 6.42 Å². The van der Waals surface area contributed by atoms with Gasteiger partial charge in [0.15, 0.2) is 0 Å². The first-order valence-corrected chi connectivity index (χ1v) is 6.26. The van der Waals surface area contributed by atoms with Gasteiger partial charge in [0.2, 0.25) is 11.8 Å². The summed E-state index contributed by atoms with van der Waals surface area (Å²) in [6.45, 7) is 0.575. The minimum Gasteiger partial charge on any atom is -0.338 e. The Kier molecular flexibility index (Phi) is 2.83. The number of thiol groups is 1. The molecule has 2 aromatic rings. The highest BCUT2D eigenvalue weighted by atomic mass is 32.1. The molecule has 1 fully saturated rings. The summed E-state index contributed by atoms with van der Waals surface area (Å²) in [6, 6.07) is 11.5. The lowest BCUT2D eigenvalue weighted by Crippen LogP contribution is -2.23. The van der Waals surface area contributed by atoms with E-state index in [2.05, 4.69) is 17.8 Å². The van der Waals surface area contributed by atoms with Gasteiger partial charge in [-0.2, -0.15) is 12.6 Å². The fourth-order valence-electron chi connectivity index (χ4n) is 2.04. The van der Waals surface area contributed by atoms with Crippen LogP contribution < -0.4 is 4.90 Å². The fraction of sp³-hybridized carbons (Fsp3) is 0.231. The minimum absolute atomic E-state index is 0.0331. The molecule has 1 amide bonds. The number of hydrogen-bond donors (Lipinski definition) is 1. The van der Waals surface area contributed by atoms with E-state index in [1.807, 2.05) is 30.3 Å². The average Bonchev–Trinajstić information content (AvgIpc) is 2.97. The Morgan fingerprint density at radius 1 is 1.33 bits per heavy atom. The predicted molar refractivity (Wildman–Crippen MR) is 71.7 cm³/mol. The smallest absolute Gasteiger partial charge is 0.234 e. The van der Waals surface area contributed by atoms with Crippen LogP contribution in [0, 0.1) is 0 Å². The molecule has 1 aromatic heterocycles. The molecule has 92 valence electrons. The van der Waals surface area contributed by atoms with E-state index in [1.54, 1.807) is 11.0 Å². The van der Waals surface area contributed by atoms with E-state index in [0.29, 0.717) is 18.8 Å². The number of aromatic nitrogens is 1. The second-order valence-corrected chi connectivity index (χ2v) is 5.01. The zero-order valence-corrected chi connectivity index (χ0v) is 10.5. The number of rotatable bonds is 2. The van der Waals surface area contributed by atoms with E-state index in [1.165, 1.54) is 0 Å². The van der Waals surface area contributed by atoms with Crippen LogP contribution in [-0.4, -0.2) is 22.9 Å². The second kappa shape index (κ2) is 4.49. The van der Waals surface area contributed by atoms with Gasteiger partial charge in [-0.25, -0.2) is 0 Å². The molecule has 4 nitrogen and oxygen atoms in total. The highest BCUT2D eigenvalue weighted by molar-refractivity contribution is 7.81. The number of benzene rings is 1. The molecule has 0 spiro atoms. The molecule has 1 atom stereocenters. The van der Waals surface area contributed by atoms with Gasteiger partial charge >= 0.3 is 0 Å². The van der Waals surface area contributed by atoms with Crippen LogP contribution in [0.5, 0.6) is 0 Å². The molecular weight excluding hydrogens is 248 g/mol. The van der Waals surface area contributed by atoms with Crippen molar-refractivity contribution >= 4 is 24.4 Å². The maximum atomic E-state index is 11.7. The summed E-state index contributed by atoms with van der Waals surface area (Å²) in [6.07, 6.45) is 0.449. The number of carbonyl (C=O) groups excluding carboxylic acids is 1. The van der Waals surface area contributed by atoms with E-state index in [9.17, 15) is 4.79 Å². The van der Waals surface area contributed by atoms with E-state index >= 15 is 0 Å². The molecule has 1 aliphatic rings. The molecule has 18 heavy (non-hydrogen) atoms. The summed E-state index contributed by atoms with van der Waals surface area (Å²) in [5.74, 6) is 0.529. The first-order valence-electron chi connectivity index (χ1n) is 5.74. The number of anilines is 1. The van der Waals surface area contributed by atoms with E-state index in [4.69, 9.17) is 4.52 Å². The first kappa shape index (κ1) is 11.3. The summed E-state index contributed by atoms with van der Waals surface area (Å²) >= 11 is 4.31.